The van der Waals surface area contributed by atoms with Crippen LogP contribution in [-0.4, -0.2) is 34.4 Å². The number of nitrogens with one attached hydrogen (secondary N) is 1. The molecule has 0 spiro atoms. The number of aliphatic hydroxyl groups is 2. The molecule has 1 rings (SSSR count). The van der Waals surface area contributed by atoms with Gasteiger partial charge in [-0.15, -0.1) is 6.42 Å². The molecule has 3 N–H and O–H groups in total. The molecule has 1 aliphatic carbocycles. The first kappa shape index (κ1) is 13.8. The minimum absolute atomic E-state index is 0.125. The number of carbonyl (C=O) groups excluding carboxylic acids is 1. The molecule has 0 saturated heterocycles. The largest absolute Gasteiger partial charge is 0.386 e. The van der Waals surface area contributed by atoms with E-state index in [4.69, 9.17) is 6.42 Å². The standard InChI is InChI=1S/C13H19NO3/c1-2-9-14-12(16)10-13(17)8-6-4-3-5-7-11(13)15/h1,5,7,11,15,17H,3-4,6,8-10H2,(H,14,16)/b7-5+. The van der Waals surface area contributed by atoms with Crippen molar-refractivity contribution in [3.63, 3.8) is 0 Å². The van der Waals surface area contributed by atoms with Crippen LogP contribution < -0.4 is 5.32 Å². The van der Waals surface area contributed by atoms with Gasteiger partial charge in [0, 0.05) is 0 Å². The monoisotopic (exact) mass is 237 g/mol. The van der Waals surface area contributed by atoms with Crippen LogP contribution in [-0.2, 0) is 4.79 Å². The first-order chi connectivity index (χ1) is 8.08. The summed E-state index contributed by atoms with van der Waals surface area (Å²) >= 11 is 0. The fraction of sp³-hybridized carbons (Fsp3) is 0.615. The quantitative estimate of drug-likeness (QED) is 0.490. The number of hydrogen-bond acceptors (Lipinski definition) is 3. The normalized spacial score (nSPS) is 30.8. The van der Waals surface area contributed by atoms with E-state index in [0.717, 1.165) is 19.3 Å². The smallest absolute Gasteiger partial charge is 0.223 e. The second-order valence-corrected chi connectivity index (χ2v) is 4.38. The first-order valence-electron chi connectivity index (χ1n) is 5.86. The predicted molar refractivity (Wildman–Crippen MR) is 65.0 cm³/mol. The lowest BCUT2D eigenvalue weighted by Gasteiger charge is -2.32. The highest BCUT2D eigenvalue weighted by molar-refractivity contribution is 5.77. The summed E-state index contributed by atoms with van der Waals surface area (Å²) in [5.74, 6) is 1.96. The van der Waals surface area contributed by atoms with Crippen LogP contribution in [0.25, 0.3) is 0 Å². The van der Waals surface area contributed by atoms with Gasteiger partial charge in [-0.3, -0.25) is 4.79 Å². The maximum Gasteiger partial charge on any atom is 0.223 e. The summed E-state index contributed by atoms with van der Waals surface area (Å²) in [5, 5.41) is 22.6. The molecule has 0 saturated carbocycles. The van der Waals surface area contributed by atoms with Crippen molar-refractivity contribution >= 4 is 5.91 Å². The van der Waals surface area contributed by atoms with E-state index in [9.17, 15) is 15.0 Å². The van der Waals surface area contributed by atoms with Gasteiger partial charge in [0.05, 0.1) is 13.0 Å². The first-order valence-corrected chi connectivity index (χ1v) is 5.86. The molecule has 4 nitrogen and oxygen atoms in total. The van der Waals surface area contributed by atoms with Gasteiger partial charge in [0.2, 0.25) is 5.91 Å². The van der Waals surface area contributed by atoms with Crippen LogP contribution in [0.1, 0.15) is 32.1 Å². The average molecular weight is 237 g/mol. The molecule has 0 aliphatic heterocycles. The summed E-state index contributed by atoms with van der Waals surface area (Å²) < 4.78 is 0. The van der Waals surface area contributed by atoms with Gasteiger partial charge >= 0.3 is 0 Å². The number of carbonyl (C=O) groups is 1. The average Bonchev–Trinajstić information content (AvgIpc) is 2.28. The molecule has 94 valence electrons. The van der Waals surface area contributed by atoms with Crippen molar-refractivity contribution in [1.29, 1.82) is 0 Å². The minimum Gasteiger partial charge on any atom is -0.386 e. The Morgan fingerprint density at radius 2 is 2.35 bits per heavy atom. The molecular weight excluding hydrogens is 218 g/mol. The molecule has 4 heteroatoms. The number of hydrogen-bond donors (Lipinski definition) is 3. The summed E-state index contributed by atoms with van der Waals surface area (Å²) in [5.41, 5.74) is -1.38. The summed E-state index contributed by atoms with van der Waals surface area (Å²) in [6, 6.07) is 0. The van der Waals surface area contributed by atoms with Crippen molar-refractivity contribution < 1.29 is 15.0 Å². The predicted octanol–water partition coefficient (Wildman–Crippen LogP) is 0.348. The van der Waals surface area contributed by atoms with Crippen LogP contribution in [0.15, 0.2) is 12.2 Å². The zero-order valence-electron chi connectivity index (χ0n) is 9.85. The van der Waals surface area contributed by atoms with E-state index in [2.05, 4.69) is 11.2 Å². The van der Waals surface area contributed by atoms with E-state index in [0.29, 0.717) is 6.42 Å². The van der Waals surface area contributed by atoms with E-state index < -0.39 is 11.7 Å². The topological polar surface area (TPSA) is 69.6 Å². The molecular formula is C13H19NO3. The van der Waals surface area contributed by atoms with Gasteiger partial charge in [0.25, 0.3) is 0 Å². The van der Waals surface area contributed by atoms with Crippen molar-refractivity contribution in [1.82, 2.24) is 5.32 Å². The molecule has 0 heterocycles. The van der Waals surface area contributed by atoms with Gasteiger partial charge in [-0.2, -0.15) is 0 Å². The molecule has 2 atom stereocenters. The van der Waals surface area contributed by atoms with E-state index in [1.165, 1.54) is 0 Å². The third kappa shape index (κ3) is 4.22. The summed E-state index contributed by atoms with van der Waals surface area (Å²) in [6.45, 7) is 0.140. The van der Waals surface area contributed by atoms with E-state index in [1.807, 2.05) is 6.08 Å². The second kappa shape index (κ2) is 6.43. The van der Waals surface area contributed by atoms with E-state index in [-0.39, 0.29) is 18.9 Å². The van der Waals surface area contributed by atoms with Gasteiger partial charge in [-0.05, 0) is 19.3 Å². The van der Waals surface area contributed by atoms with Crippen LogP contribution in [0.2, 0.25) is 0 Å². The van der Waals surface area contributed by atoms with Crippen LogP contribution in [0.5, 0.6) is 0 Å². The molecule has 1 amide bonds. The lowest BCUT2D eigenvalue weighted by Crippen LogP contribution is -2.46. The Balaban J connectivity index is 2.63. The number of allylic oxidation sites excluding steroid dienone is 1. The Bertz CT molecular complexity index is 332. The molecule has 2 unspecified atom stereocenters. The Labute approximate surface area is 102 Å². The zero-order chi connectivity index (χ0) is 12.7. The van der Waals surface area contributed by atoms with E-state index in [1.54, 1.807) is 6.08 Å². The SMILES string of the molecule is C#CCNC(=O)CC1(O)CCCC/C=C/C1O. The van der Waals surface area contributed by atoms with Crippen molar-refractivity contribution in [2.45, 2.75) is 43.8 Å². The van der Waals surface area contributed by atoms with Gasteiger partial charge in [-0.25, -0.2) is 0 Å². The highest BCUT2D eigenvalue weighted by Gasteiger charge is 2.36. The van der Waals surface area contributed by atoms with E-state index >= 15 is 0 Å². The minimum atomic E-state index is -1.38. The summed E-state index contributed by atoms with van der Waals surface area (Å²) in [7, 11) is 0. The number of amides is 1. The Morgan fingerprint density at radius 3 is 3.06 bits per heavy atom. The Morgan fingerprint density at radius 1 is 1.59 bits per heavy atom. The third-order valence-corrected chi connectivity index (χ3v) is 2.95. The molecule has 17 heavy (non-hydrogen) atoms. The molecule has 0 aromatic carbocycles. The highest BCUT2D eigenvalue weighted by atomic mass is 16.3. The molecule has 0 radical (unpaired) electrons. The van der Waals surface area contributed by atoms with Crippen LogP contribution in [0, 0.1) is 12.3 Å². The summed E-state index contributed by atoms with van der Waals surface area (Å²) in [4.78, 5) is 11.5. The maximum absolute atomic E-state index is 11.5. The second-order valence-electron chi connectivity index (χ2n) is 4.38. The van der Waals surface area contributed by atoms with Crippen molar-refractivity contribution in [2.24, 2.45) is 0 Å². The lowest BCUT2D eigenvalue weighted by atomic mass is 9.84. The van der Waals surface area contributed by atoms with Crippen molar-refractivity contribution in [2.75, 3.05) is 6.54 Å². The number of rotatable bonds is 3. The fourth-order valence-corrected chi connectivity index (χ4v) is 1.93. The molecule has 1 aliphatic rings. The third-order valence-electron chi connectivity index (χ3n) is 2.95. The zero-order valence-corrected chi connectivity index (χ0v) is 9.85. The lowest BCUT2D eigenvalue weighted by molar-refractivity contribution is -0.131. The van der Waals surface area contributed by atoms with Gasteiger partial charge in [-0.1, -0.05) is 24.5 Å². The van der Waals surface area contributed by atoms with Gasteiger partial charge in [0.15, 0.2) is 0 Å². The van der Waals surface area contributed by atoms with Crippen LogP contribution >= 0.6 is 0 Å². The fourth-order valence-electron chi connectivity index (χ4n) is 1.93. The Hall–Kier alpha value is -1.31. The number of terminal acetylenes is 1. The maximum atomic E-state index is 11.5. The number of aliphatic hydroxyl groups excluding tert-OH is 1. The summed E-state index contributed by atoms with van der Waals surface area (Å²) in [6.07, 6.45) is 10.4. The van der Waals surface area contributed by atoms with Crippen molar-refractivity contribution in [3.8, 4) is 12.3 Å². The molecule has 0 aromatic rings. The molecule has 0 aromatic heterocycles. The highest BCUT2D eigenvalue weighted by Crippen LogP contribution is 2.26. The van der Waals surface area contributed by atoms with Gasteiger partial charge < -0.3 is 15.5 Å². The van der Waals surface area contributed by atoms with Crippen LogP contribution in [0.4, 0.5) is 0 Å². The molecule has 0 bridgehead atoms. The molecule has 0 fully saturated rings. The van der Waals surface area contributed by atoms with Gasteiger partial charge in [0.1, 0.15) is 11.7 Å². The Kier molecular flexibility index (Phi) is 5.20. The van der Waals surface area contributed by atoms with Crippen molar-refractivity contribution in [3.05, 3.63) is 12.2 Å². The van der Waals surface area contributed by atoms with Crippen LogP contribution in [0.3, 0.4) is 0 Å².